The van der Waals surface area contributed by atoms with Gasteiger partial charge in [0, 0.05) is 29.9 Å². The molecule has 0 fully saturated rings. The third-order valence-electron chi connectivity index (χ3n) is 5.73. The van der Waals surface area contributed by atoms with Gasteiger partial charge in [-0.25, -0.2) is 5.48 Å². The summed E-state index contributed by atoms with van der Waals surface area (Å²) in [7, 11) is 1.54. The monoisotopic (exact) mass is 485 g/mol. The molecule has 0 heterocycles. The van der Waals surface area contributed by atoms with Gasteiger partial charge in [0.25, 0.3) is 0 Å². The first kappa shape index (κ1) is 27.4. The number of carbonyl (C=O) groups excluding carboxylic acids is 3. The van der Waals surface area contributed by atoms with E-state index in [-0.39, 0.29) is 18.2 Å². The van der Waals surface area contributed by atoms with E-state index in [0.717, 1.165) is 17.5 Å². The Balaban J connectivity index is 2.09. The molecule has 34 heavy (non-hydrogen) atoms. The molecule has 0 aliphatic carbocycles. The molecule has 0 aliphatic heterocycles. The van der Waals surface area contributed by atoms with Crippen LogP contribution in [0.2, 0.25) is 0 Å². The van der Waals surface area contributed by atoms with Crippen LogP contribution < -0.4 is 16.1 Å². The highest BCUT2D eigenvalue weighted by molar-refractivity contribution is 7.99. The van der Waals surface area contributed by atoms with Gasteiger partial charge in [-0.15, -0.1) is 11.8 Å². The minimum absolute atomic E-state index is 0.158. The number of likely N-dealkylation sites (N-methyl/N-ethyl adjacent to an activating group) is 1. The second-order valence-corrected chi connectivity index (χ2v) is 10.4. The van der Waals surface area contributed by atoms with Crippen LogP contribution in [-0.2, 0) is 26.6 Å². The fourth-order valence-electron chi connectivity index (χ4n) is 3.68. The van der Waals surface area contributed by atoms with Gasteiger partial charge in [0.1, 0.15) is 6.04 Å². The highest BCUT2D eigenvalue weighted by atomic mass is 32.2. The van der Waals surface area contributed by atoms with Crippen molar-refractivity contribution >= 4 is 29.5 Å². The lowest BCUT2D eigenvalue weighted by Crippen LogP contribution is -2.57. The van der Waals surface area contributed by atoms with Crippen molar-refractivity contribution in [3.63, 3.8) is 0 Å². The maximum absolute atomic E-state index is 13.2. The molecule has 2 aromatic carbocycles. The molecular weight excluding hydrogens is 450 g/mol. The van der Waals surface area contributed by atoms with Crippen molar-refractivity contribution in [2.45, 2.75) is 56.1 Å². The van der Waals surface area contributed by atoms with E-state index >= 15 is 0 Å². The van der Waals surface area contributed by atoms with Gasteiger partial charge in [-0.3, -0.25) is 19.6 Å². The zero-order valence-electron chi connectivity index (χ0n) is 20.0. The molecule has 0 bridgehead atoms. The van der Waals surface area contributed by atoms with Crippen molar-refractivity contribution in [1.82, 2.24) is 16.1 Å². The van der Waals surface area contributed by atoms with E-state index in [4.69, 9.17) is 5.21 Å². The lowest BCUT2D eigenvalue weighted by atomic mass is 9.94. The summed E-state index contributed by atoms with van der Waals surface area (Å²) >= 11 is 1.58. The Kier molecular flexibility index (Phi) is 11.1. The summed E-state index contributed by atoms with van der Waals surface area (Å²) in [5, 5.41) is 14.5. The van der Waals surface area contributed by atoms with Gasteiger partial charge < -0.3 is 10.6 Å². The number of hydrogen-bond acceptors (Lipinski definition) is 5. The van der Waals surface area contributed by atoms with E-state index in [0.29, 0.717) is 18.6 Å². The second-order valence-electron chi connectivity index (χ2n) is 8.75. The molecule has 0 saturated carbocycles. The van der Waals surface area contributed by atoms with Crippen LogP contribution in [0, 0.1) is 5.92 Å². The Bertz CT molecular complexity index is 922. The minimum atomic E-state index is -0.799. The first-order valence-electron chi connectivity index (χ1n) is 11.4. The standard InChI is InChI=1S/C26H35N3O4S/c1-26(2,34-18-20-13-8-5-9-14-20)23(25(32)27-3)28-24(31)21(17-22(30)29-33)16-10-15-19-11-6-4-7-12-19/h4-9,11-14,21,23,33H,10,15-18H2,1-3H3,(H,27,32)(H,28,31)(H,29,30). The van der Waals surface area contributed by atoms with Gasteiger partial charge in [-0.05, 0) is 44.2 Å². The number of carbonyl (C=O) groups is 3. The van der Waals surface area contributed by atoms with Gasteiger partial charge in [0.15, 0.2) is 0 Å². The molecule has 7 nitrogen and oxygen atoms in total. The fraction of sp³-hybridized carbons (Fsp3) is 0.423. The van der Waals surface area contributed by atoms with Crippen LogP contribution in [0.15, 0.2) is 60.7 Å². The molecule has 3 amide bonds. The van der Waals surface area contributed by atoms with Crippen LogP contribution in [0.25, 0.3) is 0 Å². The Hall–Kier alpha value is -2.84. The van der Waals surface area contributed by atoms with Crippen LogP contribution in [0.3, 0.4) is 0 Å². The Morgan fingerprint density at radius 3 is 2.09 bits per heavy atom. The average molecular weight is 486 g/mol. The summed E-state index contributed by atoms with van der Waals surface area (Å²) in [6.45, 7) is 3.84. The molecule has 0 aliphatic rings. The maximum atomic E-state index is 13.2. The van der Waals surface area contributed by atoms with E-state index < -0.39 is 22.6 Å². The second kappa shape index (κ2) is 13.8. The predicted molar refractivity (Wildman–Crippen MR) is 135 cm³/mol. The number of amides is 3. The Morgan fingerprint density at radius 2 is 1.53 bits per heavy atom. The molecule has 0 spiro atoms. The number of rotatable bonds is 13. The molecule has 2 atom stereocenters. The highest BCUT2D eigenvalue weighted by Gasteiger charge is 2.38. The zero-order valence-corrected chi connectivity index (χ0v) is 20.9. The van der Waals surface area contributed by atoms with Crippen molar-refractivity contribution in [3.05, 3.63) is 71.8 Å². The normalized spacial score (nSPS) is 12.9. The number of aryl methyl sites for hydroxylation is 1. The first-order chi connectivity index (χ1) is 16.3. The lowest BCUT2D eigenvalue weighted by molar-refractivity contribution is -0.136. The van der Waals surface area contributed by atoms with Gasteiger partial charge in [-0.1, -0.05) is 60.7 Å². The number of hydrogen-bond donors (Lipinski definition) is 4. The zero-order chi connectivity index (χ0) is 25.0. The summed E-state index contributed by atoms with van der Waals surface area (Å²) in [6.07, 6.45) is 1.75. The van der Waals surface area contributed by atoms with Crippen molar-refractivity contribution in [2.24, 2.45) is 5.92 Å². The van der Waals surface area contributed by atoms with Crippen molar-refractivity contribution in [3.8, 4) is 0 Å². The summed E-state index contributed by atoms with van der Waals surface area (Å²) in [5.74, 6) is -1.29. The quantitative estimate of drug-likeness (QED) is 0.257. The molecule has 0 aromatic heterocycles. The third-order valence-corrected chi connectivity index (χ3v) is 7.19. The summed E-state index contributed by atoms with van der Waals surface area (Å²) < 4.78 is -0.612. The van der Waals surface area contributed by atoms with Crippen LogP contribution >= 0.6 is 11.8 Å². The molecule has 184 valence electrons. The first-order valence-corrected chi connectivity index (χ1v) is 12.4. The smallest absolute Gasteiger partial charge is 0.244 e. The molecule has 0 saturated heterocycles. The molecular formula is C26H35N3O4S. The molecule has 2 unspecified atom stereocenters. The maximum Gasteiger partial charge on any atom is 0.244 e. The van der Waals surface area contributed by atoms with Gasteiger partial charge in [0.05, 0.1) is 0 Å². The predicted octanol–water partition coefficient (Wildman–Crippen LogP) is 3.46. The topological polar surface area (TPSA) is 108 Å². The van der Waals surface area contributed by atoms with Crippen LogP contribution in [0.4, 0.5) is 0 Å². The molecule has 8 heteroatoms. The van der Waals surface area contributed by atoms with Crippen molar-refractivity contribution in [1.29, 1.82) is 0 Å². The lowest BCUT2D eigenvalue weighted by Gasteiger charge is -2.34. The van der Waals surface area contributed by atoms with E-state index in [1.807, 2.05) is 74.5 Å². The van der Waals surface area contributed by atoms with Gasteiger partial charge in [0.2, 0.25) is 17.7 Å². The van der Waals surface area contributed by atoms with Crippen LogP contribution in [-0.4, -0.2) is 40.8 Å². The molecule has 2 aromatic rings. The summed E-state index contributed by atoms with van der Waals surface area (Å²) in [5.41, 5.74) is 3.89. The fourth-order valence-corrected chi connectivity index (χ4v) is 4.74. The number of hydroxylamine groups is 1. The highest BCUT2D eigenvalue weighted by Crippen LogP contribution is 2.32. The molecule has 0 radical (unpaired) electrons. The van der Waals surface area contributed by atoms with Crippen LogP contribution in [0.5, 0.6) is 0 Å². The summed E-state index contributed by atoms with van der Waals surface area (Å²) in [4.78, 5) is 37.8. The molecule has 2 rings (SSSR count). The summed E-state index contributed by atoms with van der Waals surface area (Å²) in [6, 6.07) is 19.0. The number of benzene rings is 2. The van der Waals surface area contributed by atoms with Crippen molar-refractivity contribution < 1.29 is 19.6 Å². The largest absolute Gasteiger partial charge is 0.357 e. The van der Waals surface area contributed by atoms with Crippen LogP contribution in [0.1, 0.15) is 44.2 Å². The van der Waals surface area contributed by atoms with E-state index in [2.05, 4.69) is 10.6 Å². The minimum Gasteiger partial charge on any atom is -0.357 e. The van der Waals surface area contributed by atoms with E-state index in [1.54, 1.807) is 17.2 Å². The SMILES string of the molecule is CNC(=O)C(NC(=O)C(CCCc1ccccc1)CC(=O)NO)C(C)(C)SCc1ccccc1. The van der Waals surface area contributed by atoms with E-state index in [1.165, 1.54) is 7.05 Å². The number of nitrogens with one attached hydrogen (secondary N) is 3. The van der Waals surface area contributed by atoms with Gasteiger partial charge in [-0.2, -0.15) is 0 Å². The van der Waals surface area contributed by atoms with Crippen molar-refractivity contribution in [2.75, 3.05) is 7.05 Å². The Morgan fingerprint density at radius 1 is 0.941 bits per heavy atom. The average Bonchev–Trinajstić information content (AvgIpc) is 2.85. The van der Waals surface area contributed by atoms with Gasteiger partial charge >= 0.3 is 0 Å². The molecule has 4 N–H and O–H groups in total. The Labute approximate surface area is 206 Å². The third kappa shape index (κ3) is 8.83. The van der Waals surface area contributed by atoms with E-state index in [9.17, 15) is 14.4 Å². The number of thioether (sulfide) groups is 1.